The first-order valence-electron chi connectivity index (χ1n) is 3.65. The maximum atomic E-state index is 11.4. The molecule has 7 heteroatoms. The smallest absolute Gasteiger partial charge is 0.245 e. The van der Waals surface area contributed by atoms with Gasteiger partial charge in [0.15, 0.2) is 14.4 Å². The minimum Gasteiger partial charge on any atom is -0.468 e. The molecule has 0 saturated carbocycles. The fourth-order valence-corrected chi connectivity index (χ4v) is 2.15. The Kier molecular flexibility index (Phi) is 3.22. The van der Waals surface area contributed by atoms with E-state index in [-0.39, 0.29) is 11.5 Å². The zero-order valence-corrected chi connectivity index (χ0v) is 8.79. The summed E-state index contributed by atoms with van der Waals surface area (Å²) in [5.74, 6) is -1.11. The molecular formula is C7H9NO4S2. The third-order valence-electron chi connectivity index (χ3n) is 1.51. The molecule has 0 radical (unpaired) electrons. The molecule has 0 aromatic carbocycles. The number of hydrogen-bond acceptors (Lipinski definition) is 5. The van der Waals surface area contributed by atoms with Crippen LogP contribution in [-0.4, -0.2) is 18.9 Å². The second-order valence-electron chi connectivity index (χ2n) is 2.64. The van der Waals surface area contributed by atoms with Gasteiger partial charge in [-0.1, -0.05) is 0 Å². The van der Waals surface area contributed by atoms with Gasteiger partial charge < -0.3 is 10.2 Å². The maximum absolute atomic E-state index is 11.4. The monoisotopic (exact) mass is 235 g/mol. The fraction of sp³-hybridized carbons (Fsp3) is 0.286. The molecule has 1 aromatic rings. The van der Waals surface area contributed by atoms with Crippen molar-refractivity contribution < 1.29 is 17.6 Å². The molecule has 78 valence electrons. The van der Waals surface area contributed by atoms with Crippen LogP contribution in [0.1, 0.15) is 5.76 Å². The van der Waals surface area contributed by atoms with E-state index in [2.05, 4.69) is 12.6 Å². The van der Waals surface area contributed by atoms with Crippen molar-refractivity contribution in [3.05, 3.63) is 24.2 Å². The first-order valence-corrected chi connectivity index (χ1v) is 5.88. The third-order valence-corrected chi connectivity index (χ3v) is 4.32. The van der Waals surface area contributed by atoms with Gasteiger partial charge in [0.05, 0.1) is 6.26 Å². The van der Waals surface area contributed by atoms with Gasteiger partial charge in [0, 0.05) is 0 Å². The van der Waals surface area contributed by atoms with E-state index in [1.807, 2.05) is 0 Å². The molecule has 0 aliphatic heterocycles. The zero-order chi connectivity index (χ0) is 10.8. The number of carbonyl (C=O) groups is 1. The summed E-state index contributed by atoms with van der Waals surface area (Å²) in [6, 6.07) is 3.06. The molecule has 5 nitrogen and oxygen atoms in total. The van der Waals surface area contributed by atoms with E-state index >= 15 is 0 Å². The van der Waals surface area contributed by atoms with Crippen molar-refractivity contribution in [2.45, 2.75) is 10.3 Å². The van der Waals surface area contributed by atoms with Gasteiger partial charge in [-0.05, 0) is 12.1 Å². The van der Waals surface area contributed by atoms with Crippen LogP contribution in [0.5, 0.6) is 0 Å². The predicted octanol–water partition coefficient (Wildman–Crippen LogP) is -0.0644. The number of amides is 1. The summed E-state index contributed by atoms with van der Waals surface area (Å²) in [5.41, 5.74) is 4.83. The van der Waals surface area contributed by atoms with Crippen molar-refractivity contribution in [1.82, 2.24) is 0 Å². The van der Waals surface area contributed by atoms with Gasteiger partial charge in [-0.25, -0.2) is 8.42 Å². The summed E-state index contributed by atoms with van der Waals surface area (Å²) in [7, 11) is -3.69. The molecule has 0 spiro atoms. The molecule has 0 aliphatic rings. The molecule has 14 heavy (non-hydrogen) atoms. The second-order valence-corrected chi connectivity index (χ2v) is 5.59. The largest absolute Gasteiger partial charge is 0.468 e. The number of furan rings is 1. The highest BCUT2D eigenvalue weighted by atomic mass is 32.2. The minimum absolute atomic E-state index is 0.255. The predicted molar refractivity (Wildman–Crippen MR) is 53.3 cm³/mol. The Labute approximate surface area is 86.6 Å². The van der Waals surface area contributed by atoms with Gasteiger partial charge in [-0.15, -0.1) is 0 Å². The molecule has 0 aliphatic carbocycles. The number of sulfone groups is 1. The highest BCUT2D eigenvalue weighted by Gasteiger charge is 2.27. The molecule has 1 atom stereocenters. The Morgan fingerprint density at radius 1 is 1.64 bits per heavy atom. The maximum Gasteiger partial charge on any atom is 0.245 e. The SMILES string of the molecule is NC(=O)C(S)S(=O)(=O)Cc1ccco1. The molecule has 0 fully saturated rings. The van der Waals surface area contributed by atoms with Gasteiger partial charge in [-0.3, -0.25) is 4.79 Å². The van der Waals surface area contributed by atoms with E-state index in [4.69, 9.17) is 10.2 Å². The average Bonchev–Trinajstić information content (AvgIpc) is 2.54. The summed E-state index contributed by atoms with van der Waals surface area (Å²) >= 11 is 3.61. The van der Waals surface area contributed by atoms with E-state index in [9.17, 15) is 13.2 Å². The highest BCUT2D eigenvalue weighted by Crippen LogP contribution is 2.13. The van der Waals surface area contributed by atoms with Crippen LogP contribution in [0.4, 0.5) is 0 Å². The van der Waals surface area contributed by atoms with Gasteiger partial charge >= 0.3 is 0 Å². The molecule has 1 heterocycles. The van der Waals surface area contributed by atoms with Crippen LogP contribution in [0.2, 0.25) is 0 Å². The number of rotatable bonds is 4. The Morgan fingerprint density at radius 3 is 2.71 bits per heavy atom. The molecular weight excluding hydrogens is 226 g/mol. The number of nitrogens with two attached hydrogens (primary N) is 1. The van der Waals surface area contributed by atoms with Crippen LogP contribution in [-0.2, 0) is 20.4 Å². The summed E-state index contributed by atoms with van der Waals surface area (Å²) in [5, 5.41) is 0. The Hall–Kier alpha value is -0.950. The standard InChI is InChI=1S/C7H9NO4S2/c8-6(9)7(13)14(10,11)4-5-2-1-3-12-5/h1-3,7,13H,4H2,(H2,8,9). The Balaban J connectivity index is 2.83. The van der Waals surface area contributed by atoms with E-state index in [1.54, 1.807) is 6.07 Å². The van der Waals surface area contributed by atoms with Gasteiger partial charge in [-0.2, -0.15) is 12.6 Å². The first kappa shape index (κ1) is 11.1. The van der Waals surface area contributed by atoms with Crippen molar-refractivity contribution in [3.8, 4) is 0 Å². The second kappa shape index (κ2) is 4.05. The van der Waals surface area contributed by atoms with Crippen molar-refractivity contribution in [3.63, 3.8) is 0 Å². The summed E-state index contributed by atoms with van der Waals surface area (Å²) < 4.78 is 26.1. The molecule has 1 rings (SSSR count). The lowest BCUT2D eigenvalue weighted by atomic mass is 10.5. The van der Waals surface area contributed by atoms with Gasteiger partial charge in [0.1, 0.15) is 11.5 Å². The van der Waals surface area contributed by atoms with Crippen molar-refractivity contribution in [1.29, 1.82) is 0 Å². The lowest BCUT2D eigenvalue weighted by molar-refractivity contribution is -0.116. The first-order chi connectivity index (χ1) is 6.43. The number of primary amides is 1. The van der Waals surface area contributed by atoms with Gasteiger partial charge in [0.25, 0.3) is 0 Å². The molecule has 0 bridgehead atoms. The van der Waals surface area contributed by atoms with Crippen molar-refractivity contribution in [2.75, 3.05) is 0 Å². The number of carbonyl (C=O) groups excluding carboxylic acids is 1. The third kappa shape index (κ3) is 2.52. The highest BCUT2D eigenvalue weighted by molar-refractivity contribution is 8.05. The average molecular weight is 235 g/mol. The van der Waals surface area contributed by atoms with Crippen molar-refractivity contribution in [2.24, 2.45) is 5.73 Å². The fourth-order valence-electron chi connectivity index (χ4n) is 0.849. The molecule has 1 aromatic heterocycles. The van der Waals surface area contributed by atoms with Crippen molar-refractivity contribution >= 4 is 28.4 Å². The van der Waals surface area contributed by atoms with Crippen LogP contribution in [0.25, 0.3) is 0 Å². The zero-order valence-electron chi connectivity index (χ0n) is 7.08. The van der Waals surface area contributed by atoms with E-state index in [0.717, 1.165) is 0 Å². The molecule has 1 amide bonds. The van der Waals surface area contributed by atoms with Crippen LogP contribution in [0.15, 0.2) is 22.8 Å². The topological polar surface area (TPSA) is 90.4 Å². The summed E-state index contributed by atoms with van der Waals surface area (Å²) in [4.78, 5) is 10.6. The normalized spacial score (nSPS) is 13.8. The Bertz CT molecular complexity index is 409. The summed E-state index contributed by atoms with van der Waals surface area (Å²) in [6.07, 6.45) is 1.35. The number of thiol groups is 1. The molecule has 1 unspecified atom stereocenters. The van der Waals surface area contributed by atoms with Crippen LogP contribution in [0.3, 0.4) is 0 Å². The Morgan fingerprint density at radius 2 is 2.29 bits per heavy atom. The van der Waals surface area contributed by atoms with E-state index < -0.39 is 20.3 Å². The van der Waals surface area contributed by atoms with Crippen LogP contribution >= 0.6 is 12.6 Å². The number of hydrogen-bond donors (Lipinski definition) is 2. The van der Waals surface area contributed by atoms with Crippen LogP contribution < -0.4 is 5.73 Å². The lowest BCUT2D eigenvalue weighted by Crippen LogP contribution is -2.32. The van der Waals surface area contributed by atoms with Crippen LogP contribution in [0, 0.1) is 0 Å². The molecule has 2 N–H and O–H groups in total. The quantitative estimate of drug-likeness (QED) is 0.715. The van der Waals surface area contributed by atoms with E-state index in [1.165, 1.54) is 12.3 Å². The summed E-state index contributed by atoms with van der Waals surface area (Å²) in [6.45, 7) is 0. The minimum atomic E-state index is -3.69. The lowest BCUT2D eigenvalue weighted by Gasteiger charge is -2.06. The molecule has 0 saturated heterocycles. The van der Waals surface area contributed by atoms with E-state index in [0.29, 0.717) is 0 Å². The van der Waals surface area contributed by atoms with Gasteiger partial charge in [0.2, 0.25) is 5.91 Å².